The van der Waals surface area contributed by atoms with Crippen LogP contribution in [-0.4, -0.2) is 53.1 Å². The molecule has 0 bridgehead atoms. The van der Waals surface area contributed by atoms with E-state index in [1.807, 2.05) is 12.1 Å². The minimum Gasteiger partial charge on any atom is -0.454 e. The maximum absolute atomic E-state index is 13.9. The Labute approximate surface area is 192 Å². The van der Waals surface area contributed by atoms with E-state index in [9.17, 15) is 23.9 Å². The number of rotatable bonds is 6. The van der Waals surface area contributed by atoms with Gasteiger partial charge in [0.25, 0.3) is 5.91 Å². The second kappa shape index (κ2) is 10.1. The second-order valence-corrected chi connectivity index (χ2v) is 9.20. The van der Waals surface area contributed by atoms with Gasteiger partial charge in [-0.15, -0.1) is 0 Å². The van der Waals surface area contributed by atoms with Crippen LogP contribution in [0, 0.1) is 5.82 Å². The molecule has 1 fully saturated rings. The Morgan fingerprint density at radius 3 is 2.42 bits per heavy atom. The summed E-state index contributed by atoms with van der Waals surface area (Å²) in [5.74, 6) is -2.32. The number of nitrogens with zero attached hydrogens (tertiary/aromatic N) is 1. The molecule has 33 heavy (non-hydrogen) atoms. The molecular formula is C25H29FN2O5. The predicted molar refractivity (Wildman–Crippen MR) is 121 cm³/mol. The van der Waals surface area contributed by atoms with Crippen molar-refractivity contribution in [3.63, 3.8) is 0 Å². The zero-order valence-electron chi connectivity index (χ0n) is 19.0. The number of esters is 1. The van der Waals surface area contributed by atoms with Crippen molar-refractivity contribution in [2.24, 2.45) is 0 Å². The normalized spacial score (nSPS) is 18.2. The zero-order valence-corrected chi connectivity index (χ0v) is 19.0. The van der Waals surface area contributed by atoms with Crippen LogP contribution in [0.15, 0.2) is 48.5 Å². The minimum absolute atomic E-state index is 0.00225. The average Bonchev–Trinajstić information content (AvgIpc) is 3.15. The van der Waals surface area contributed by atoms with Gasteiger partial charge in [-0.05, 0) is 34.7 Å². The third-order valence-electron chi connectivity index (χ3n) is 5.55. The summed E-state index contributed by atoms with van der Waals surface area (Å²) < 4.78 is 19.0. The summed E-state index contributed by atoms with van der Waals surface area (Å²) in [7, 11) is 0. The molecular weight excluding hydrogens is 427 g/mol. The first-order valence-electron chi connectivity index (χ1n) is 10.8. The number of carbonyl (C=O) groups excluding carboxylic acids is 3. The van der Waals surface area contributed by atoms with E-state index in [2.05, 4.69) is 26.1 Å². The highest BCUT2D eigenvalue weighted by Gasteiger charge is 2.40. The van der Waals surface area contributed by atoms with Crippen LogP contribution in [0.1, 0.15) is 38.3 Å². The van der Waals surface area contributed by atoms with Crippen molar-refractivity contribution < 1.29 is 28.6 Å². The molecule has 1 saturated heterocycles. The lowest BCUT2D eigenvalue weighted by Gasteiger charge is -2.23. The Morgan fingerprint density at radius 1 is 1.12 bits per heavy atom. The molecule has 3 rings (SSSR count). The fourth-order valence-electron chi connectivity index (χ4n) is 3.70. The number of benzene rings is 2. The molecule has 176 valence electrons. The molecule has 1 aliphatic heterocycles. The molecule has 1 heterocycles. The fraction of sp³-hybridized carbons (Fsp3) is 0.400. The quantitative estimate of drug-likeness (QED) is 0.652. The molecule has 8 heteroatoms. The Hall–Kier alpha value is -3.26. The average molecular weight is 457 g/mol. The van der Waals surface area contributed by atoms with Crippen LogP contribution in [0.25, 0.3) is 0 Å². The van der Waals surface area contributed by atoms with Crippen molar-refractivity contribution in [1.29, 1.82) is 0 Å². The van der Waals surface area contributed by atoms with Gasteiger partial charge in [0.15, 0.2) is 6.61 Å². The van der Waals surface area contributed by atoms with Gasteiger partial charge >= 0.3 is 5.97 Å². The van der Waals surface area contributed by atoms with Crippen LogP contribution >= 0.6 is 0 Å². The third-order valence-corrected chi connectivity index (χ3v) is 5.55. The second-order valence-electron chi connectivity index (χ2n) is 9.20. The zero-order chi connectivity index (χ0) is 24.2. The highest BCUT2D eigenvalue weighted by atomic mass is 19.1. The maximum atomic E-state index is 13.9. The standard InChI is InChI=1S/C25H29FN2O5/c1-25(2,3)17-8-10-18(11-9-17)27-22(30)15-33-24(32)21-13-19(29)14-28(21)23(31)12-16-6-4-5-7-20(16)26/h4-11,19,21,29H,12-15H2,1-3H3,(H,27,30). The smallest absolute Gasteiger partial charge is 0.329 e. The number of nitrogens with one attached hydrogen (secondary N) is 1. The van der Waals surface area contributed by atoms with Gasteiger partial charge in [-0.1, -0.05) is 51.1 Å². The molecule has 1 aliphatic rings. The number of hydrogen-bond donors (Lipinski definition) is 2. The van der Waals surface area contributed by atoms with Crippen molar-refractivity contribution in [3.8, 4) is 0 Å². The van der Waals surface area contributed by atoms with E-state index in [1.54, 1.807) is 18.2 Å². The van der Waals surface area contributed by atoms with Gasteiger partial charge in [0.05, 0.1) is 12.5 Å². The van der Waals surface area contributed by atoms with Crippen molar-refractivity contribution in [1.82, 2.24) is 4.90 Å². The fourth-order valence-corrected chi connectivity index (χ4v) is 3.70. The Bertz CT molecular complexity index is 1020. The molecule has 0 aliphatic carbocycles. The van der Waals surface area contributed by atoms with E-state index in [1.165, 1.54) is 23.1 Å². The number of carbonyl (C=O) groups is 3. The number of β-amino-alcohol motifs (C(OH)–C–C–N with tert-alkyl or cyclic N) is 1. The van der Waals surface area contributed by atoms with Gasteiger partial charge in [-0.2, -0.15) is 0 Å². The van der Waals surface area contributed by atoms with Crippen LogP contribution in [0.2, 0.25) is 0 Å². The lowest BCUT2D eigenvalue weighted by Crippen LogP contribution is -2.43. The molecule has 2 atom stereocenters. The number of aliphatic hydroxyl groups excluding tert-OH is 1. The highest BCUT2D eigenvalue weighted by molar-refractivity contribution is 5.93. The van der Waals surface area contributed by atoms with Gasteiger partial charge in [0, 0.05) is 18.7 Å². The molecule has 0 aromatic heterocycles. The first-order chi connectivity index (χ1) is 15.5. The third kappa shape index (κ3) is 6.38. The molecule has 2 N–H and O–H groups in total. The van der Waals surface area contributed by atoms with E-state index in [-0.39, 0.29) is 30.4 Å². The molecule has 0 radical (unpaired) electrons. The molecule has 2 unspecified atom stereocenters. The Kier molecular flexibility index (Phi) is 7.48. The van der Waals surface area contributed by atoms with Crippen LogP contribution in [-0.2, 0) is 31.0 Å². The van der Waals surface area contributed by atoms with Crippen LogP contribution in [0.5, 0.6) is 0 Å². The summed E-state index contributed by atoms with van der Waals surface area (Å²) in [5.41, 5.74) is 1.88. The SMILES string of the molecule is CC(C)(C)c1ccc(NC(=O)COC(=O)C2CC(O)CN2C(=O)Cc2ccccc2F)cc1. The van der Waals surface area contributed by atoms with Crippen molar-refractivity contribution >= 4 is 23.5 Å². The highest BCUT2D eigenvalue weighted by Crippen LogP contribution is 2.24. The first-order valence-corrected chi connectivity index (χ1v) is 10.8. The van der Waals surface area contributed by atoms with Crippen LogP contribution in [0.4, 0.5) is 10.1 Å². The van der Waals surface area contributed by atoms with E-state index in [0.29, 0.717) is 5.69 Å². The molecule has 0 saturated carbocycles. The summed E-state index contributed by atoms with van der Waals surface area (Å²) in [6, 6.07) is 12.2. The molecule has 2 amide bonds. The van der Waals surface area contributed by atoms with Gasteiger partial charge < -0.3 is 20.1 Å². The van der Waals surface area contributed by atoms with Gasteiger partial charge in [0.1, 0.15) is 11.9 Å². The summed E-state index contributed by atoms with van der Waals surface area (Å²) in [5, 5.41) is 12.6. The molecule has 7 nitrogen and oxygen atoms in total. The number of hydrogen-bond acceptors (Lipinski definition) is 5. The number of aliphatic hydroxyl groups is 1. The van der Waals surface area contributed by atoms with E-state index < -0.39 is 42.4 Å². The lowest BCUT2D eigenvalue weighted by molar-refractivity contribution is -0.155. The number of ether oxygens (including phenoxy) is 1. The van der Waals surface area contributed by atoms with Crippen molar-refractivity contribution in [2.45, 2.75) is 51.2 Å². The number of anilines is 1. The largest absolute Gasteiger partial charge is 0.454 e. The molecule has 2 aromatic carbocycles. The topological polar surface area (TPSA) is 95.9 Å². The summed E-state index contributed by atoms with van der Waals surface area (Å²) in [6.07, 6.45) is -1.14. The molecule has 0 spiro atoms. The van der Waals surface area contributed by atoms with Gasteiger partial charge in [-0.3, -0.25) is 9.59 Å². The van der Waals surface area contributed by atoms with Gasteiger partial charge in [-0.25, -0.2) is 9.18 Å². The Morgan fingerprint density at radius 2 is 1.79 bits per heavy atom. The van der Waals surface area contributed by atoms with Crippen molar-refractivity contribution in [2.75, 3.05) is 18.5 Å². The van der Waals surface area contributed by atoms with Crippen LogP contribution in [0.3, 0.4) is 0 Å². The van der Waals surface area contributed by atoms with E-state index >= 15 is 0 Å². The monoisotopic (exact) mass is 456 g/mol. The summed E-state index contributed by atoms with van der Waals surface area (Å²) >= 11 is 0. The Balaban J connectivity index is 1.55. The maximum Gasteiger partial charge on any atom is 0.329 e. The number of likely N-dealkylation sites (tertiary alicyclic amines) is 1. The van der Waals surface area contributed by atoms with Crippen LogP contribution < -0.4 is 5.32 Å². The van der Waals surface area contributed by atoms with Gasteiger partial charge in [0.2, 0.25) is 5.91 Å². The van der Waals surface area contributed by atoms with Crippen molar-refractivity contribution in [3.05, 3.63) is 65.5 Å². The number of halogens is 1. The number of amides is 2. The molecule has 2 aromatic rings. The summed E-state index contributed by atoms with van der Waals surface area (Å²) in [6.45, 7) is 5.68. The van der Waals surface area contributed by atoms with E-state index in [0.717, 1.165) is 5.56 Å². The predicted octanol–water partition coefficient (Wildman–Crippen LogP) is 2.81. The lowest BCUT2D eigenvalue weighted by atomic mass is 9.87. The summed E-state index contributed by atoms with van der Waals surface area (Å²) in [4.78, 5) is 38.6. The minimum atomic E-state index is -1.03. The first kappa shape index (κ1) is 24.4. The van der Waals surface area contributed by atoms with E-state index in [4.69, 9.17) is 4.74 Å².